The summed E-state index contributed by atoms with van der Waals surface area (Å²) in [6, 6.07) is 8.02. The highest BCUT2D eigenvalue weighted by atomic mass is 16.6. The summed E-state index contributed by atoms with van der Waals surface area (Å²) in [6.07, 6.45) is -0.950. The molecule has 0 amide bonds. The first-order valence-electron chi connectivity index (χ1n) is 6.31. The van der Waals surface area contributed by atoms with E-state index in [9.17, 15) is 19.5 Å². The molecule has 0 aliphatic rings. The van der Waals surface area contributed by atoms with Gasteiger partial charge in [0.05, 0.1) is 7.11 Å². The zero-order valence-corrected chi connectivity index (χ0v) is 11.9. The fourth-order valence-corrected chi connectivity index (χ4v) is 1.50. The molecule has 0 saturated heterocycles. The summed E-state index contributed by atoms with van der Waals surface area (Å²) >= 11 is 0. The van der Waals surface area contributed by atoms with Gasteiger partial charge in [0.15, 0.2) is 6.10 Å². The van der Waals surface area contributed by atoms with E-state index in [4.69, 9.17) is 4.74 Å². The van der Waals surface area contributed by atoms with Crippen molar-refractivity contribution >= 4 is 17.9 Å². The highest BCUT2D eigenvalue weighted by molar-refractivity contribution is 5.85. The molecule has 0 aliphatic carbocycles. The third kappa shape index (κ3) is 5.02. The number of hydrogen-bond acceptors (Lipinski definition) is 7. The lowest BCUT2D eigenvalue weighted by Crippen LogP contribution is -2.41. The molecule has 0 radical (unpaired) electrons. The quantitative estimate of drug-likeness (QED) is 0.444. The Morgan fingerprint density at radius 3 is 2.41 bits per heavy atom. The molecule has 2 unspecified atom stereocenters. The maximum atomic E-state index is 11.8. The summed E-state index contributed by atoms with van der Waals surface area (Å²) < 4.78 is 14.1. The number of methoxy groups -OCH3 is 1. The van der Waals surface area contributed by atoms with Crippen LogP contribution < -0.4 is 4.74 Å². The number of carbonyl (C=O) groups is 3. The van der Waals surface area contributed by atoms with Gasteiger partial charge in [0.25, 0.3) is 0 Å². The van der Waals surface area contributed by atoms with Gasteiger partial charge in [0.1, 0.15) is 18.3 Å². The molecule has 7 nitrogen and oxygen atoms in total. The van der Waals surface area contributed by atoms with E-state index in [1.807, 2.05) is 0 Å². The Labute approximate surface area is 127 Å². The number of hydrogen-bond donors (Lipinski definition) is 1. The van der Waals surface area contributed by atoms with Gasteiger partial charge in [-0.3, -0.25) is 4.79 Å². The molecule has 118 valence electrons. The molecule has 0 fully saturated rings. The first kappa shape index (κ1) is 17.4. The van der Waals surface area contributed by atoms with Crippen LogP contribution in [-0.2, 0) is 23.9 Å². The number of carbonyl (C=O) groups excluding carboxylic acids is 3. The van der Waals surface area contributed by atoms with Gasteiger partial charge in [-0.25, -0.2) is 9.59 Å². The topological polar surface area (TPSA) is 99.1 Å². The number of esters is 3. The van der Waals surface area contributed by atoms with E-state index in [2.05, 4.69) is 16.1 Å². The fourth-order valence-electron chi connectivity index (χ4n) is 1.50. The number of aliphatic hydroxyl groups excluding tert-OH is 1. The van der Waals surface area contributed by atoms with Gasteiger partial charge < -0.3 is 19.3 Å². The van der Waals surface area contributed by atoms with Crippen LogP contribution in [0.5, 0.6) is 5.75 Å². The fraction of sp³-hybridized carbons (Fsp3) is 0.267. The molecule has 7 heteroatoms. The maximum absolute atomic E-state index is 11.8. The van der Waals surface area contributed by atoms with E-state index in [-0.39, 0.29) is 5.75 Å². The van der Waals surface area contributed by atoms with Gasteiger partial charge in [0, 0.05) is 6.08 Å². The van der Waals surface area contributed by atoms with Gasteiger partial charge in [-0.1, -0.05) is 24.8 Å². The van der Waals surface area contributed by atoms with E-state index < -0.39 is 36.5 Å². The van der Waals surface area contributed by atoms with Crippen LogP contribution in [0.3, 0.4) is 0 Å². The highest BCUT2D eigenvalue weighted by Gasteiger charge is 2.35. The van der Waals surface area contributed by atoms with Crippen LogP contribution in [0, 0.1) is 5.92 Å². The van der Waals surface area contributed by atoms with Crippen molar-refractivity contribution < 1.29 is 33.7 Å². The van der Waals surface area contributed by atoms with E-state index in [1.165, 1.54) is 12.1 Å². The summed E-state index contributed by atoms with van der Waals surface area (Å²) in [5, 5.41) is 9.93. The lowest BCUT2D eigenvalue weighted by molar-refractivity contribution is -0.164. The van der Waals surface area contributed by atoms with E-state index >= 15 is 0 Å². The maximum Gasteiger partial charge on any atom is 0.341 e. The average Bonchev–Trinajstić information content (AvgIpc) is 2.54. The standard InChI is InChI=1S/C15H16O7/c1-3-12(16)21-9-11(14(18)20-2)13(17)15(19)22-10-7-5-4-6-8-10/h3-8,11,13,17H,1,9H2,2H3. The minimum atomic E-state index is -1.84. The number of para-hydroxylation sites is 1. The Balaban J connectivity index is 2.75. The molecule has 0 aromatic heterocycles. The van der Waals surface area contributed by atoms with Crippen LogP contribution in [0.2, 0.25) is 0 Å². The number of ether oxygens (including phenoxy) is 3. The van der Waals surface area contributed by atoms with Crippen molar-refractivity contribution in [2.24, 2.45) is 5.92 Å². The number of aliphatic hydroxyl groups is 1. The second-order valence-electron chi connectivity index (χ2n) is 4.14. The third-order valence-corrected chi connectivity index (χ3v) is 2.66. The minimum Gasteiger partial charge on any atom is -0.469 e. The molecule has 22 heavy (non-hydrogen) atoms. The minimum absolute atomic E-state index is 0.207. The van der Waals surface area contributed by atoms with E-state index in [1.54, 1.807) is 18.2 Å². The summed E-state index contributed by atoms with van der Waals surface area (Å²) in [6.45, 7) is 2.66. The van der Waals surface area contributed by atoms with Crippen LogP contribution in [-0.4, -0.2) is 42.8 Å². The second kappa shape index (κ2) is 8.58. The Hall–Kier alpha value is -2.67. The molecule has 0 aliphatic heterocycles. The molecule has 0 saturated carbocycles. The largest absolute Gasteiger partial charge is 0.469 e. The van der Waals surface area contributed by atoms with Crippen molar-refractivity contribution in [1.82, 2.24) is 0 Å². The van der Waals surface area contributed by atoms with E-state index in [0.29, 0.717) is 0 Å². The predicted octanol–water partition coefficient (Wildman–Crippen LogP) is 0.471. The number of rotatable bonds is 7. The molecular weight excluding hydrogens is 292 g/mol. The zero-order chi connectivity index (χ0) is 16.5. The van der Waals surface area contributed by atoms with Crippen molar-refractivity contribution in [2.45, 2.75) is 6.10 Å². The average molecular weight is 308 g/mol. The Morgan fingerprint density at radius 2 is 1.86 bits per heavy atom. The van der Waals surface area contributed by atoms with Crippen molar-refractivity contribution in [1.29, 1.82) is 0 Å². The zero-order valence-electron chi connectivity index (χ0n) is 11.9. The summed E-state index contributed by atoms with van der Waals surface area (Å²) in [4.78, 5) is 34.5. The normalized spacial score (nSPS) is 12.6. The Kier molecular flexibility index (Phi) is 6.78. The van der Waals surface area contributed by atoms with Gasteiger partial charge in [-0.15, -0.1) is 0 Å². The second-order valence-corrected chi connectivity index (χ2v) is 4.14. The first-order valence-corrected chi connectivity index (χ1v) is 6.31. The highest BCUT2D eigenvalue weighted by Crippen LogP contribution is 2.14. The molecule has 1 aromatic carbocycles. The Bertz CT molecular complexity index is 538. The first-order chi connectivity index (χ1) is 10.5. The van der Waals surface area contributed by atoms with Crippen LogP contribution in [0.1, 0.15) is 0 Å². The monoisotopic (exact) mass is 308 g/mol. The molecule has 0 heterocycles. The third-order valence-electron chi connectivity index (χ3n) is 2.66. The van der Waals surface area contributed by atoms with Crippen LogP contribution >= 0.6 is 0 Å². The molecule has 1 aromatic rings. The summed E-state index contributed by atoms with van der Waals surface area (Å²) in [5.74, 6) is -3.95. The smallest absolute Gasteiger partial charge is 0.341 e. The van der Waals surface area contributed by atoms with Crippen LogP contribution in [0.15, 0.2) is 43.0 Å². The van der Waals surface area contributed by atoms with Crippen molar-refractivity contribution in [3.63, 3.8) is 0 Å². The summed E-state index contributed by atoms with van der Waals surface area (Å²) in [7, 11) is 1.08. The van der Waals surface area contributed by atoms with Gasteiger partial charge in [0.2, 0.25) is 0 Å². The van der Waals surface area contributed by atoms with E-state index in [0.717, 1.165) is 13.2 Å². The Morgan fingerprint density at radius 1 is 1.23 bits per heavy atom. The molecule has 1 N–H and O–H groups in total. The van der Waals surface area contributed by atoms with Crippen molar-refractivity contribution in [2.75, 3.05) is 13.7 Å². The molecule has 0 spiro atoms. The van der Waals surface area contributed by atoms with Crippen molar-refractivity contribution in [3.05, 3.63) is 43.0 Å². The molecular formula is C15H16O7. The van der Waals surface area contributed by atoms with Crippen molar-refractivity contribution in [3.8, 4) is 5.75 Å². The van der Waals surface area contributed by atoms with Crippen LogP contribution in [0.25, 0.3) is 0 Å². The SMILES string of the molecule is C=CC(=O)OCC(C(=O)OC)C(O)C(=O)Oc1ccccc1. The molecule has 2 atom stereocenters. The van der Waals surface area contributed by atoms with Crippen LogP contribution in [0.4, 0.5) is 0 Å². The van der Waals surface area contributed by atoms with Gasteiger partial charge >= 0.3 is 17.9 Å². The molecule has 0 bridgehead atoms. The lowest BCUT2D eigenvalue weighted by Gasteiger charge is -2.19. The summed E-state index contributed by atoms with van der Waals surface area (Å²) in [5.41, 5.74) is 0. The predicted molar refractivity (Wildman–Crippen MR) is 74.7 cm³/mol. The number of benzene rings is 1. The van der Waals surface area contributed by atoms with Gasteiger partial charge in [-0.2, -0.15) is 0 Å². The lowest BCUT2D eigenvalue weighted by atomic mass is 10.0. The van der Waals surface area contributed by atoms with Gasteiger partial charge in [-0.05, 0) is 12.1 Å². The molecule has 1 rings (SSSR count).